The van der Waals surface area contributed by atoms with Crippen molar-refractivity contribution in [1.82, 2.24) is 14.8 Å². The van der Waals surface area contributed by atoms with Crippen LogP contribution in [-0.2, 0) is 4.79 Å². The van der Waals surface area contributed by atoms with Gasteiger partial charge in [-0.1, -0.05) is 12.1 Å². The number of carbonyl (C=O) groups excluding carboxylic acids is 2. The molecule has 0 spiro atoms. The molecule has 2 amide bonds. The Morgan fingerprint density at radius 2 is 1.76 bits per heavy atom. The summed E-state index contributed by atoms with van der Waals surface area (Å²) < 4.78 is 12.9. The number of hydrogen-bond acceptors (Lipinski definition) is 3. The number of nitrogens with zero attached hydrogens (tertiary/aromatic N) is 2. The lowest BCUT2D eigenvalue weighted by Crippen LogP contribution is -2.50. The summed E-state index contributed by atoms with van der Waals surface area (Å²) in [7, 11) is 0. The minimum absolute atomic E-state index is 0.0192. The molecule has 0 atom stereocenters. The topological polar surface area (TPSA) is 68.4 Å². The zero-order valence-corrected chi connectivity index (χ0v) is 16.2. The quantitative estimate of drug-likeness (QED) is 0.715. The molecule has 0 aliphatic carbocycles. The van der Waals surface area contributed by atoms with E-state index < -0.39 is 0 Å². The van der Waals surface area contributed by atoms with Crippen LogP contribution in [0.4, 0.5) is 10.1 Å². The van der Waals surface area contributed by atoms with Crippen LogP contribution in [0.15, 0.2) is 48.5 Å². The molecule has 6 nitrogen and oxygen atoms in total. The summed E-state index contributed by atoms with van der Waals surface area (Å²) >= 11 is 0. The predicted octanol–water partition coefficient (Wildman–Crippen LogP) is 3.01. The van der Waals surface area contributed by atoms with Crippen LogP contribution in [0.1, 0.15) is 16.1 Å². The Morgan fingerprint density at radius 1 is 1.03 bits per heavy atom. The first-order chi connectivity index (χ1) is 14.0. The highest BCUT2D eigenvalue weighted by Gasteiger charge is 2.24. The van der Waals surface area contributed by atoms with Gasteiger partial charge in [0.25, 0.3) is 5.91 Å². The largest absolute Gasteiger partial charge is 0.351 e. The smallest absolute Gasteiger partial charge is 0.270 e. The number of aryl methyl sites for hydroxylation is 1. The molecular formula is C22H23FN4O2. The van der Waals surface area contributed by atoms with Crippen LogP contribution in [0.25, 0.3) is 10.9 Å². The molecule has 150 valence electrons. The number of benzene rings is 2. The molecule has 1 aliphatic heterocycles. The number of H-pyrrole nitrogens is 1. The number of fused-ring (bicyclic) bond motifs is 1. The van der Waals surface area contributed by atoms with Gasteiger partial charge in [0, 0.05) is 42.8 Å². The van der Waals surface area contributed by atoms with Crippen molar-refractivity contribution >= 4 is 28.4 Å². The third kappa shape index (κ3) is 4.46. The van der Waals surface area contributed by atoms with E-state index in [1.54, 1.807) is 0 Å². The molecule has 2 N–H and O–H groups in total. The highest BCUT2D eigenvalue weighted by molar-refractivity contribution is 5.98. The predicted molar refractivity (Wildman–Crippen MR) is 110 cm³/mol. The molecule has 29 heavy (non-hydrogen) atoms. The van der Waals surface area contributed by atoms with E-state index in [1.165, 1.54) is 24.3 Å². The molecule has 0 radical (unpaired) electrons. The molecule has 1 fully saturated rings. The van der Waals surface area contributed by atoms with E-state index in [-0.39, 0.29) is 24.2 Å². The maximum atomic E-state index is 12.9. The van der Waals surface area contributed by atoms with E-state index >= 15 is 0 Å². The molecule has 3 aromatic rings. The summed E-state index contributed by atoms with van der Waals surface area (Å²) in [4.78, 5) is 32.1. The number of amides is 2. The van der Waals surface area contributed by atoms with E-state index in [9.17, 15) is 14.0 Å². The molecule has 0 bridgehead atoms. The second-order valence-electron chi connectivity index (χ2n) is 7.40. The zero-order valence-electron chi connectivity index (χ0n) is 16.2. The van der Waals surface area contributed by atoms with Crippen LogP contribution in [0.5, 0.6) is 0 Å². The van der Waals surface area contributed by atoms with Gasteiger partial charge >= 0.3 is 0 Å². The fraction of sp³-hybridized carbons (Fsp3) is 0.273. The molecule has 1 aromatic heterocycles. The third-order valence-electron chi connectivity index (χ3n) is 5.16. The minimum Gasteiger partial charge on any atom is -0.351 e. The highest BCUT2D eigenvalue weighted by atomic mass is 19.1. The number of rotatable bonds is 4. The van der Waals surface area contributed by atoms with Crippen LogP contribution >= 0.6 is 0 Å². The lowest BCUT2D eigenvalue weighted by atomic mass is 10.2. The maximum Gasteiger partial charge on any atom is 0.270 e. The normalized spacial score (nSPS) is 14.9. The van der Waals surface area contributed by atoms with Crippen LogP contribution < -0.4 is 5.32 Å². The molecule has 2 heterocycles. The van der Waals surface area contributed by atoms with Crippen LogP contribution in [0, 0.1) is 12.7 Å². The first-order valence-corrected chi connectivity index (χ1v) is 9.64. The third-order valence-corrected chi connectivity index (χ3v) is 5.16. The number of carbonyl (C=O) groups is 2. The lowest BCUT2D eigenvalue weighted by molar-refractivity contribution is -0.117. The second-order valence-corrected chi connectivity index (χ2v) is 7.40. The number of nitrogens with one attached hydrogen (secondary N) is 2. The summed E-state index contributed by atoms with van der Waals surface area (Å²) in [6.45, 7) is 4.65. The molecule has 7 heteroatoms. The van der Waals surface area contributed by atoms with Gasteiger partial charge in [-0.25, -0.2) is 4.39 Å². The van der Waals surface area contributed by atoms with Crippen molar-refractivity contribution in [3.63, 3.8) is 0 Å². The first kappa shape index (κ1) is 19.1. The zero-order chi connectivity index (χ0) is 20.4. The Hall–Kier alpha value is -3.19. The van der Waals surface area contributed by atoms with Crippen LogP contribution in [0.2, 0.25) is 0 Å². The average Bonchev–Trinajstić information content (AvgIpc) is 3.13. The Balaban J connectivity index is 1.30. The van der Waals surface area contributed by atoms with Crippen molar-refractivity contribution < 1.29 is 14.0 Å². The van der Waals surface area contributed by atoms with Crippen molar-refractivity contribution in [3.8, 4) is 0 Å². The fourth-order valence-electron chi connectivity index (χ4n) is 3.57. The Morgan fingerprint density at radius 3 is 2.48 bits per heavy atom. The first-order valence-electron chi connectivity index (χ1n) is 9.64. The van der Waals surface area contributed by atoms with Gasteiger partial charge in [-0.05, 0) is 48.9 Å². The summed E-state index contributed by atoms with van der Waals surface area (Å²) in [6.07, 6.45) is 0. The van der Waals surface area contributed by atoms with Crippen LogP contribution in [0.3, 0.4) is 0 Å². The standard InChI is InChI=1S/C22H23FN4O2/c1-15-2-3-16-13-20(25-19(16)12-15)22(29)27-10-8-26(9-11-27)14-21(28)24-18-6-4-17(23)5-7-18/h2-7,12-13,25H,8-11,14H2,1H3,(H,24,28). The van der Waals surface area contributed by atoms with Gasteiger partial charge in [-0.2, -0.15) is 0 Å². The molecule has 2 aromatic carbocycles. The summed E-state index contributed by atoms with van der Waals surface area (Å²) in [6, 6.07) is 13.6. The summed E-state index contributed by atoms with van der Waals surface area (Å²) in [5.41, 5.74) is 3.27. The molecule has 1 aliphatic rings. The van der Waals surface area contributed by atoms with Crippen LogP contribution in [-0.4, -0.2) is 59.3 Å². The lowest BCUT2D eigenvalue weighted by Gasteiger charge is -2.34. The Bertz CT molecular complexity index is 1040. The van der Waals surface area contributed by atoms with Crippen molar-refractivity contribution in [1.29, 1.82) is 0 Å². The van der Waals surface area contributed by atoms with E-state index in [4.69, 9.17) is 0 Å². The van der Waals surface area contributed by atoms with Crippen molar-refractivity contribution in [2.75, 3.05) is 38.0 Å². The van der Waals surface area contributed by atoms with Crippen molar-refractivity contribution in [2.45, 2.75) is 6.92 Å². The van der Waals surface area contributed by atoms with Gasteiger partial charge in [-0.3, -0.25) is 14.5 Å². The number of anilines is 1. The minimum atomic E-state index is -0.339. The van der Waals surface area contributed by atoms with Gasteiger partial charge in [0.2, 0.25) is 5.91 Å². The van der Waals surface area contributed by atoms with Gasteiger partial charge < -0.3 is 15.2 Å². The monoisotopic (exact) mass is 394 g/mol. The van der Waals surface area contributed by atoms with Gasteiger partial charge in [0.05, 0.1) is 6.54 Å². The van der Waals surface area contributed by atoms with E-state index in [0.29, 0.717) is 37.6 Å². The van der Waals surface area contributed by atoms with E-state index in [0.717, 1.165) is 16.5 Å². The molecule has 1 saturated heterocycles. The summed E-state index contributed by atoms with van der Waals surface area (Å²) in [5, 5.41) is 3.79. The van der Waals surface area contributed by atoms with Crippen molar-refractivity contribution in [3.05, 3.63) is 65.6 Å². The van der Waals surface area contributed by atoms with E-state index in [1.807, 2.05) is 41.0 Å². The summed E-state index contributed by atoms with van der Waals surface area (Å²) in [5.74, 6) is -0.509. The Labute approximate surface area is 168 Å². The van der Waals surface area contributed by atoms with E-state index in [2.05, 4.69) is 10.3 Å². The van der Waals surface area contributed by atoms with Crippen molar-refractivity contribution in [2.24, 2.45) is 0 Å². The Kier molecular flexibility index (Phi) is 5.31. The molecule has 0 saturated carbocycles. The molecular weight excluding hydrogens is 371 g/mol. The second kappa shape index (κ2) is 8.05. The number of aromatic nitrogens is 1. The number of aromatic amines is 1. The SMILES string of the molecule is Cc1ccc2cc(C(=O)N3CCN(CC(=O)Nc4ccc(F)cc4)CC3)[nH]c2c1. The van der Waals surface area contributed by atoms with Gasteiger partial charge in [0.1, 0.15) is 11.5 Å². The number of halogens is 1. The van der Waals surface area contributed by atoms with Gasteiger partial charge in [0.15, 0.2) is 0 Å². The molecule has 4 rings (SSSR count). The highest BCUT2D eigenvalue weighted by Crippen LogP contribution is 2.18. The molecule has 0 unspecified atom stereocenters. The fourth-order valence-corrected chi connectivity index (χ4v) is 3.57. The van der Waals surface area contributed by atoms with Gasteiger partial charge in [-0.15, -0.1) is 0 Å². The maximum absolute atomic E-state index is 12.9. The average molecular weight is 394 g/mol. The number of piperazine rings is 1. The number of hydrogen-bond donors (Lipinski definition) is 2.